The van der Waals surface area contributed by atoms with Gasteiger partial charge in [0, 0.05) is 0 Å². The summed E-state index contributed by atoms with van der Waals surface area (Å²) in [4.78, 5) is 1.47. The zero-order valence-electron chi connectivity index (χ0n) is 7.44. The quantitative estimate of drug-likeness (QED) is 0.639. The van der Waals surface area contributed by atoms with Crippen LogP contribution in [0.3, 0.4) is 0 Å². The molecule has 1 aromatic rings. The molecule has 0 aliphatic heterocycles. The molecule has 0 N–H and O–H groups in total. The average molecular weight is 165 g/mol. The maximum absolute atomic E-state index is 8.76. The first-order chi connectivity index (χ1) is 5.60. The third kappa shape index (κ3) is 1.42. The molecule has 0 fully saturated rings. The first-order valence-electron chi connectivity index (χ1n) is 3.79. The van der Waals surface area contributed by atoms with E-state index >= 15 is 0 Å². The highest BCUT2D eigenvalue weighted by molar-refractivity contribution is 5.13. The molecule has 5 nitrogen and oxygen atoms in total. The lowest BCUT2D eigenvalue weighted by Gasteiger charge is -2.07. The number of tetrazole rings is 1. The van der Waals surface area contributed by atoms with Gasteiger partial charge in [0.25, 0.3) is 0 Å². The molecule has 0 saturated heterocycles. The molecule has 1 aromatic heterocycles. The summed E-state index contributed by atoms with van der Waals surface area (Å²) in [5.74, 6) is 0.479. The summed E-state index contributed by atoms with van der Waals surface area (Å²) < 4.78 is 0. The summed E-state index contributed by atoms with van der Waals surface area (Å²) in [7, 11) is 0. The second-order valence-corrected chi connectivity index (χ2v) is 3.04. The van der Waals surface area contributed by atoms with Gasteiger partial charge in [0.05, 0.1) is 12.6 Å². The van der Waals surface area contributed by atoms with Gasteiger partial charge in [-0.05, 0) is 26.0 Å². The first kappa shape index (κ1) is 8.65. The van der Waals surface area contributed by atoms with Crippen molar-refractivity contribution in [3.05, 3.63) is 5.82 Å². The molecule has 0 aliphatic carbocycles. The van der Waals surface area contributed by atoms with Gasteiger partial charge in [0.1, 0.15) is 5.41 Å². The molecule has 0 unspecified atom stereocenters. The molecule has 0 radical (unpaired) electrons. The largest absolute Gasteiger partial charge is 0.197 e. The summed E-state index contributed by atoms with van der Waals surface area (Å²) in [5, 5.41) is 20.4. The fourth-order valence-electron chi connectivity index (χ4n) is 0.677. The molecule has 0 spiro atoms. The zero-order chi connectivity index (χ0) is 9.19. The third-order valence-electron chi connectivity index (χ3n) is 1.57. The van der Waals surface area contributed by atoms with Crippen LogP contribution in [0.15, 0.2) is 0 Å². The van der Waals surface area contributed by atoms with Gasteiger partial charge in [-0.2, -0.15) is 10.1 Å². The van der Waals surface area contributed by atoms with Crippen molar-refractivity contribution in [2.24, 2.45) is 0 Å². The van der Waals surface area contributed by atoms with Gasteiger partial charge in [0.15, 0.2) is 5.82 Å². The highest BCUT2D eigenvalue weighted by Crippen LogP contribution is 2.15. The predicted octanol–water partition coefficient (Wildman–Crippen LogP) is 0.494. The minimum Gasteiger partial charge on any atom is -0.197 e. The highest BCUT2D eigenvalue weighted by Gasteiger charge is 2.25. The Bertz CT molecular complexity index is 306. The Morgan fingerprint density at radius 1 is 1.58 bits per heavy atom. The van der Waals surface area contributed by atoms with Gasteiger partial charge >= 0.3 is 0 Å². The van der Waals surface area contributed by atoms with E-state index in [1.807, 2.05) is 6.92 Å². The lowest BCUT2D eigenvalue weighted by molar-refractivity contribution is 0.542. The van der Waals surface area contributed by atoms with Crippen molar-refractivity contribution in [1.82, 2.24) is 20.2 Å². The fourth-order valence-corrected chi connectivity index (χ4v) is 0.677. The summed E-state index contributed by atoms with van der Waals surface area (Å²) in [6, 6.07) is 2.12. The minimum absolute atomic E-state index is 0.479. The maximum Gasteiger partial charge on any atom is 0.194 e. The van der Waals surface area contributed by atoms with Crippen LogP contribution in [0, 0.1) is 11.3 Å². The van der Waals surface area contributed by atoms with Crippen molar-refractivity contribution in [3.63, 3.8) is 0 Å². The van der Waals surface area contributed by atoms with Gasteiger partial charge in [-0.15, -0.1) is 10.2 Å². The summed E-state index contributed by atoms with van der Waals surface area (Å²) >= 11 is 0. The van der Waals surface area contributed by atoms with Crippen LogP contribution in [0.5, 0.6) is 0 Å². The van der Waals surface area contributed by atoms with E-state index in [1.165, 1.54) is 4.80 Å². The van der Waals surface area contributed by atoms with Crippen LogP contribution in [0.25, 0.3) is 0 Å². The molecule has 12 heavy (non-hydrogen) atoms. The van der Waals surface area contributed by atoms with Crippen LogP contribution in [0.4, 0.5) is 0 Å². The Hall–Kier alpha value is -1.44. The van der Waals surface area contributed by atoms with Gasteiger partial charge < -0.3 is 0 Å². The van der Waals surface area contributed by atoms with Crippen LogP contribution < -0.4 is 0 Å². The van der Waals surface area contributed by atoms with Gasteiger partial charge in [-0.25, -0.2) is 0 Å². The zero-order valence-corrected chi connectivity index (χ0v) is 7.44. The van der Waals surface area contributed by atoms with Crippen molar-refractivity contribution in [1.29, 1.82) is 5.26 Å². The van der Waals surface area contributed by atoms with E-state index in [1.54, 1.807) is 13.8 Å². The van der Waals surface area contributed by atoms with E-state index in [2.05, 4.69) is 21.5 Å². The number of rotatable bonds is 2. The smallest absolute Gasteiger partial charge is 0.194 e. The molecule has 0 aliphatic rings. The minimum atomic E-state index is -0.645. The van der Waals surface area contributed by atoms with Crippen LogP contribution in [-0.4, -0.2) is 20.2 Å². The van der Waals surface area contributed by atoms with E-state index in [-0.39, 0.29) is 0 Å². The van der Waals surface area contributed by atoms with Crippen molar-refractivity contribution >= 4 is 0 Å². The lowest BCUT2D eigenvalue weighted by Crippen LogP contribution is -2.16. The monoisotopic (exact) mass is 165 g/mol. The Morgan fingerprint density at radius 2 is 2.25 bits per heavy atom. The Labute approximate surface area is 71.0 Å². The summed E-state index contributed by atoms with van der Waals surface area (Å²) in [6.07, 6.45) is 0. The molecule has 64 valence electrons. The third-order valence-corrected chi connectivity index (χ3v) is 1.57. The molecule has 0 aromatic carbocycles. The molecule has 0 atom stereocenters. The number of nitriles is 1. The van der Waals surface area contributed by atoms with Crippen LogP contribution in [0.1, 0.15) is 26.6 Å². The SMILES string of the molecule is CCn1nnc(C(C)(C)C#N)n1. The summed E-state index contributed by atoms with van der Waals surface area (Å²) in [5.41, 5.74) is -0.645. The van der Waals surface area contributed by atoms with Crippen molar-refractivity contribution in [3.8, 4) is 6.07 Å². The number of aryl methyl sites for hydroxylation is 1. The molecule has 0 saturated carbocycles. The summed E-state index contributed by atoms with van der Waals surface area (Å²) in [6.45, 7) is 6.13. The molecular formula is C7H11N5. The number of aromatic nitrogens is 4. The van der Waals surface area contributed by atoms with E-state index in [0.29, 0.717) is 12.4 Å². The number of nitrogens with zero attached hydrogens (tertiary/aromatic N) is 5. The second-order valence-electron chi connectivity index (χ2n) is 3.04. The van der Waals surface area contributed by atoms with Crippen LogP contribution in [0.2, 0.25) is 0 Å². The Balaban J connectivity index is 2.98. The predicted molar refractivity (Wildman–Crippen MR) is 42.1 cm³/mol. The Morgan fingerprint density at radius 3 is 2.67 bits per heavy atom. The highest BCUT2D eigenvalue weighted by atomic mass is 15.6. The van der Waals surface area contributed by atoms with E-state index < -0.39 is 5.41 Å². The molecular weight excluding hydrogens is 154 g/mol. The van der Waals surface area contributed by atoms with Crippen LogP contribution in [-0.2, 0) is 12.0 Å². The molecule has 0 bridgehead atoms. The normalized spacial score (nSPS) is 11.2. The standard InChI is InChI=1S/C7H11N5/c1-4-12-10-6(9-11-12)7(2,3)5-8/h4H2,1-3H3. The van der Waals surface area contributed by atoms with E-state index in [9.17, 15) is 0 Å². The topological polar surface area (TPSA) is 67.4 Å². The Kier molecular flexibility index (Phi) is 2.09. The number of hydrogen-bond acceptors (Lipinski definition) is 4. The second kappa shape index (κ2) is 2.89. The fraction of sp³-hybridized carbons (Fsp3) is 0.714. The maximum atomic E-state index is 8.76. The van der Waals surface area contributed by atoms with Gasteiger partial charge in [-0.1, -0.05) is 0 Å². The first-order valence-corrected chi connectivity index (χ1v) is 3.79. The number of hydrogen-bond donors (Lipinski definition) is 0. The van der Waals surface area contributed by atoms with Gasteiger partial charge in [-0.3, -0.25) is 0 Å². The van der Waals surface area contributed by atoms with E-state index in [4.69, 9.17) is 5.26 Å². The van der Waals surface area contributed by atoms with Crippen molar-refractivity contribution < 1.29 is 0 Å². The molecule has 1 rings (SSSR count). The van der Waals surface area contributed by atoms with Crippen LogP contribution >= 0.6 is 0 Å². The van der Waals surface area contributed by atoms with E-state index in [0.717, 1.165) is 0 Å². The van der Waals surface area contributed by atoms with Gasteiger partial charge in [0.2, 0.25) is 0 Å². The van der Waals surface area contributed by atoms with Crippen molar-refractivity contribution in [2.75, 3.05) is 0 Å². The molecule has 1 heterocycles. The van der Waals surface area contributed by atoms with Crippen molar-refractivity contribution in [2.45, 2.75) is 32.7 Å². The average Bonchev–Trinajstić information content (AvgIpc) is 2.52. The molecule has 0 amide bonds. The lowest BCUT2D eigenvalue weighted by atomic mass is 9.95. The molecule has 5 heteroatoms.